The topological polar surface area (TPSA) is 148 Å². The van der Waals surface area contributed by atoms with Crippen molar-refractivity contribution in [1.82, 2.24) is 4.90 Å². The maximum absolute atomic E-state index is 13.9. The molecule has 10 heteroatoms. The lowest BCUT2D eigenvalue weighted by Crippen LogP contribution is -2.46. The minimum atomic E-state index is -1.08. The molecule has 200 valence electrons. The Morgan fingerprint density at radius 2 is 1.74 bits per heavy atom. The second-order valence-electron chi connectivity index (χ2n) is 9.26. The van der Waals surface area contributed by atoms with Crippen molar-refractivity contribution in [2.75, 3.05) is 22.9 Å². The van der Waals surface area contributed by atoms with Crippen LogP contribution < -0.4 is 15.5 Å². The number of hydrogen-bond acceptors (Lipinski definition) is 5. The van der Waals surface area contributed by atoms with Crippen LogP contribution >= 0.6 is 0 Å². The number of carboxylic acids is 1. The Labute approximate surface area is 225 Å². The molecule has 3 aromatic carbocycles. The molecular formula is C29H29N5O5. The quantitative estimate of drug-likeness (QED) is 0.221. The largest absolute Gasteiger partial charge is 0.481 e. The monoisotopic (exact) mass is 527 g/mol. The van der Waals surface area contributed by atoms with E-state index >= 15 is 0 Å². The molecule has 0 radical (unpaired) electrons. The first-order valence-electron chi connectivity index (χ1n) is 12.4. The Kier molecular flexibility index (Phi) is 8.04. The van der Waals surface area contributed by atoms with Crippen molar-refractivity contribution in [2.45, 2.75) is 25.8 Å². The van der Waals surface area contributed by atoms with E-state index in [0.29, 0.717) is 42.0 Å². The minimum absolute atomic E-state index is 0.0471. The molecule has 4 N–H and O–H groups in total. The van der Waals surface area contributed by atoms with Gasteiger partial charge >= 0.3 is 5.97 Å². The highest BCUT2D eigenvalue weighted by Gasteiger charge is 2.36. The number of benzene rings is 3. The molecule has 1 unspecified atom stereocenters. The average Bonchev–Trinajstić information content (AvgIpc) is 3.02. The number of nitrogens with two attached hydrogens (primary N) is 1. The number of carbonyl (C=O) groups excluding carboxylic acids is 3. The molecule has 1 heterocycles. The Morgan fingerprint density at radius 1 is 1.08 bits per heavy atom. The van der Waals surface area contributed by atoms with Crippen molar-refractivity contribution in [2.24, 2.45) is 5.73 Å². The van der Waals surface area contributed by atoms with E-state index in [4.69, 9.17) is 11.1 Å². The first-order valence-corrected chi connectivity index (χ1v) is 12.4. The van der Waals surface area contributed by atoms with Crippen LogP contribution in [0.15, 0.2) is 72.8 Å². The maximum Gasteiger partial charge on any atom is 0.305 e. The van der Waals surface area contributed by atoms with Gasteiger partial charge < -0.3 is 20.6 Å². The third-order valence-corrected chi connectivity index (χ3v) is 6.66. The van der Waals surface area contributed by atoms with Crippen LogP contribution in [0.3, 0.4) is 0 Å². The zero-order chi connectivity index (χ0) is 28.1. The number of nitrogens with zero attached hydrogens (tertiary/aromatic N) is 3. The van der Waals surface area contributed by atoms with Crippen LogP contribution in [0.25, 0.3) is 0 Å². The zero-order valence-electron chi connectivity index (χ0n) is 21.4. The Bertz CT molecular complexity index is 1410. The van der Waals surface area contributed by atoms with Gasteiger partial charge in [-0.2, -0.15) is 0 Å². The summed E-state index contributed by atoms with van der Waals surface area (Å²) in [5.41, 5.74) is 8.41. The van der Waals surface area contributed by atoms with Crippen molar-refractivity contribution in [3.8, 4) is 0 Å². The van der Waals surface area contributed by atoms with Gasteiger partial charge in [0, 0.05) is 37.0 Å². The summed E-state index contributed by atoms with van der Waals surface area (Å²) in [6, 6.07) is 20.0. The van der Waals surface area contributed by atoms with E-state index in [1.807, 2.05) is 30.3 Å². The van der Waals surface area contributed by atoms with Crippen molar-refractivity contribution >= 4 is 47.1 Å². The molecule has 0 spiro atoms. The number of rotatable bonds is 9. The molecule has 0 bridgehead atoms. The number of hydrogen-bond donors (Lipinski definition) is 3. The molecule has 1 aliphatic heterocycles. The second-order valence-corrected chi connectivity index (χ2v) is 9.26. The summed E-state index contributed by atoms with van der Waals surface area (Å²) in [6.07, 6.45) is 0.818. The van der Waals surface area contributed by atoms with Gasteiger partial charge in [-0.05, 0) is 54.4 Å². The SMILES string of the molecule is CC(=O)N1c2ccc(N(C=O)c3ccc(C(=N)N)cc3)cc2C(=O)N(CCc2ccccc2)CC1CC(=O)O. The van der Waals surface area contributed by atoms with Gasteiger partial charge in [-0.25, -0.2) is 0 Å². The minimum Gasteiger partial charge on any atom is -0.481 e. The summed E-state index contributed by atoms with van der Waals surface area (Å²) in [7, 11) is 0. The van der Waals surface area contributed by atoms with Gasteiger partial charge in [-0.15, -0.1) is 0 Å². The number of anilines is 3. The van der Waals surface area contributed by atoms with E-state index in [1.54, 1.807) is 47.4 Å². The second kappa shape index (κ2) is 11.6. The van der Waals surface area contributed by atoms with Crippen LogP contribution in [0.5, 0.6) is 0 Å². The number of aliphatic carboxylic acids is 1. The van der Waals surface area contributed by atoms with E-state index in [0.717, 1.165) is 5.56 Å². The van der Waals surface area contributed by atoms with E-state index in [-0.39, 0.29) is 36.2 Å². The van der Waals surface area contributed by atoms with Gasteiger partial charge in [-0.3, -0.25) is 29.5 Å². The fourth-order valence-electron chi connectivity index (χ4n) is 4.80. The molecule has 39 heavy (non-hydrogen) atoms. The van der Waals surface area contributed by atoms with Gasteiger partial charge in [0.15, 0.2) is 0 Å². The Morgan fingerprint density at radius 3 is 2.33 bits per heavy atom. The van der Waals surface area contributed by atoms with E-state index in [9.17, 15) is 24.3 Å². The van der Waals surface area contributed by atoms with Crippen LogP contribution in [-0.2, 0) is 20.8 Å². The molecule has 0 saturated carbocycles. The van der Waals surface area contributed by atoms with E-state index in [2.05, 4.69) is 0 Å². The third kappa shape index (κ3) is 5.96. The highest BCUT2D eigenvalue weighted by molar-refractivity contribution is 6.07. The molecular weight excluding hydrogens is 498 g/mol. The summed E-state index contributed by atoms with van der Waals surface area (Å²) in [5, 5.41) is 17.2. The standard InChI is InChI=1S/C29H29N5O5/c1-19(36)34-24(16-27(37)38)17-32(14-13-20-5-3-2-4-6-20)29(39)25-15-23(11-12-26(25)34)33(18-35)22-9-7-21(8-10-22)28(30)31/h2-12,15,18,24H,13-14,16-17H2,1H3,(H3,30,31)(H,37,38). The molecule has 10 nitrogen and oxygen atoms in total. The predicted molar refractivity (Wildman–Crippen MR) is 147 cm³/mol. The van der Waals surface area contributed by atoms with Crippen molar-refractivity contribution in [3.63, 3.8) is 0 Å². The Balaban J connectivity index is 1.76. The summed E-state index contributed by atoms with van der Waals surface area (Å²) < 4.78 is 0. The maximum atomic E-state index is 13.9. The van der Waals surface area contributed by atoms with Crippen LogP contribution in [0, 0.1) is 5.41 Å². The normalized spacial score (nSPS) is 14.8. The van der Waals surface area contributed by atoms with Crippen LogP contribution in [-0.4, -0.2) is 59.2 Å². The van der Waals surface area contributed by atoms with Gasteiger partial charge in [0.25, 0.3) is 5.91 Å². The number of carboxylic acid groups (broad SMARTS) is 1. The summed E-state index contributed by atoms with van der Waals surface area (Å²) >= 11 is 0. The van der Waals surface area contributed by atoms with Gasteiger partial charge in [0.05, 0.1) is 23.7 Å². The lowest BCUT2D eigenvalue weighted by molar-refractivity contribution is -0.137. The number of nitrogen functional groups attached to an aromatic ring is 1. The first-order chi connectivity index (χ1) is 18.7. The predicted octanol–water partition coefficient (Wildman–Crippen LogP) is 3.16. The molecule has 1 atom stereocenters. The zero-order valence-corrected chi connectivity index (χ0v) is 21.4. The van der Waals surface area contributed by atoms with Gasteiger partial charge in [0.1, 0.15) is 5.84 Å². The number of fused-ring (bicyclic) bond motifs is 1. The smallest absolute Gasteiger partial charge is 0.305 e. The molecule has 0 fully saturated rings. The van der Waals surface area contributed by atoms with Crippen molar-refractivity contribution < 1.29 is 24.3 Å². The summed E-state index contributed by atoms with van der Waals surface area (Å²) in [5.74, 6) is -1.94. The van der Waals surface area contributed by atoms with Crippen molar-refractivity contribution in [1.29, 1.82) is 5.41 Å². The fourth-order valence-corrected chi connectivity index (χ4v) is 4.80. The molecule has 3 aromatic rings. The number of amidine groups is 1. The summed E-state index contributed by atoms with van der Waals surface area (Å²) in [4.78, 5) is 54.8. The highest BCUT2D eigenvalue weighted by Crippen LogP contribution is 2.34. The first kappa shape index (κ1) is 27.1. The van der Waals surface area contributed by atoms with E-state index < -0.39 is 12.0 Å². The van der Waals surface area contributed by atoms with E-state index in [1.165, 1.54) is 16.7 Å². The number of nitrogens with one attached hydrogen (secondary N) is 1. The van der Waals surface area contributed by atoms with Gasteiger partial charge in [-0.1, -0.05) is 30.3 Å². The average molecular weight is 528 g/mol. The Hall–Kier alpha value is -4.99. The third-order valence-electron chi connectivity index (χ3n) is 6.66. The van der Waals surface area contributed by atoms with Crippen LogP contribution in [0.2, 0.25) is 0 Å². The van der Waals surface area contributed by atoms with Crippen LogP contribution in [0.4, 0.5) is 17.1 Å². The fraction of sp³-hybridized carbons (Fsp3) is 0.207. The molecule has 0 saturated heterocycles. The molecule has 3 amide bonds. The highest BCUT2D eigenvalue weighted by atomic mass is 16.4. The van der Waals surface area contributed by atoms with Crippen LogP contribution in [0.1, 0.15) is 34.8 Å². The molecule has 4 rings (SSSR count). The lowest BCUT2D eigenvalue weighted by Gasteiger charge is -2.31. The summed E-state index contributed by atoms with van der Waals surface area (Å²) in [6.45, 7) is 1.70. The molecule has 0 aliphatic carbocycles. The number of carbonyl (C=O) groups is 4. The van der Waals surface area contributed by atoms with Crippen molar-refractivity contribution in [3.05, 3.63) is 89.5 Å². The number of amides is 3. The van der Waals surface area contributed by atoms with Gasteiger partial charge in [0.2, 0.25) is 12.3 Å². The lowest BCUT2D eigenvalue weighted by atomic mass is 10.1. The molecule has 0 aromatic heterocycles. The molecule has 1 aliphatic rings.